The summed E-state index contributed by atoms with van der Waals surface area (Å²) >= 11 is 0. The van der Waals surface area contributed by atoms with Crippen LogP contribution in [0, 0.1) is 0 Å². The Bertz CT molecular complexity index is 710. The van der Waals surface area contributed by atoms with Crippen LogP contribution >= 0.6 is 0 Å². The zero-order valence-corrected chi connectivity index (χ0v) is 18.4. The Morgan fingerprint density at radius 3 is 1.62 bits per heavy atom. The van der Waals surface area contributed by atoms with Gasteiger partial charge in [-0.2, -0.15) is 65.9 Å². The van der Waals surface area contributed by atoms with Crippen molar-refractivity contribution >= 4 is 0 Å². The van der Waals surface area contributed by atoms with E-state index in [0.29, 0.717) is 12.8 Å². The quantitative estimate of drug-likeness (QED) is 0.106. The van der Waals surface area contributed by atoms with E-state index in [1.165, 1.54) is 4.74 Å². The Labute approximate surface area is 199 Å². The third-order valence-electron chi connectivity index (χ3n) is 4.26. The van der Waals surface area contributed by atoms with Gasteiger partial charge in [0.1, 0.15) is 6.61 Å². The second-order valence-electron chi connectivity index (χ2n) is 7.49. The number of aliphatic hydroxyl groups is 1. The minimum atomic E-state index is -7.91. The van der Waals surface area contributed by atoms with Gasteiger partial charge in [-0.3, -0.25) is 0 Å². The lowest BCUT2D eigenvalue weighted by Crippen LogP contribution is -2.64. The van der Waals surface area contributed by atoms with E-state index >= 15 is 0 Å². The molecule has 0 radical (unpaired) electrons. The van der Waals surface area contributed by atoms with Crippen LogP contribution in [0.4, 0.5) is 65.9 Å². The van der Waals surface area contributed by atoms with E-state index in [1.54, 1.807) is 6.08 Å². The van der Waals surface area contributed by atoms with E-state index < -0.39 is 61.8 Å². The average molecular weight is 586 g/mol. The molecule has 37 heavy (non-hydrogen) atoms. The molecule has 0 saturated carbocycles. The van der Waals surface area contributed by atoms with Crippen LogP contribution in [0.2, 0.25) is 0 Å². The highest BCUT2D eigenvalue weighted by atomic mass is 19.4. The average Bonchev–Trinajstić information content (AvgIpc) is 2.67. The van der Waals surface area contributed by atoms with Crippen LogP contribution < -0.4 is 0 Å². The number of allylic oxidation sites excluding steroid dienone is 1. The van der Waals surface area contributed by atoms with Crippen LogP contribution in [0.15, 0.2) is 12.7 Å². The summed E-state index contributed by atoms with van der Waals surface area (Å²) in [4.78, 5) is 0. The Morgan fingerprint density at radius 1 is 0.649 bits per heavy atom. The van der Waals surface area contributed by atoms with Crippen molar-refractivity contribution in [1.29, 1.82) is 0 Å². The second-order valence-corrected chi connectivity index (χ2v) is 7.49. The number of hydrogen-bond acceptors (Lipinski definition) is 4. The van der Waals surface area contributed by atoms with Crippen LogP contribution in [-0.4, -0.2) is 66.9 Å². The molecular formula is C18H21F15O4. The summed E-state index contributed by atoms with van der Waals surface area (Å²) in [5.74, 6) is -15.7. The van der Waals surface area contributed by atoms with Gasteiger partial charge in [0.2, 0.25) is 0 Å². The summed E-state index contributed by atoms with van der Waals surface area (Å²) in [5, 5.41) is 9.53. The zero-order valence-electron chi connectivity index (χ0n) is 18.4. The highest BCUT2D eigenvalue weighted by Crippen LogP contribution is 2.55. The number of unbranched alkanes of at least 4 members (excludes halogenated alkanes) is 4. The van der Waals surface area contributed by atoms with Crippen molar-refractivity contribution in [1.82, 2.24) is 0 Å². The molecular weight excluding hydrogens is 565 g/mol. The third kappa shape index (κ3) is 9.65. The van der Waals surface area contributed by atoms with E-state index in [1.807, 2.05) is 0 Å². The summed E-state index contributed by atoms with van der Waals surface area (Å²) < 4.78 is 201. The Balaban J connectivity index is 5.12. The summed E-state index contributed by atoms with van der Waals surface area (Å²) in [6.45, 7) is 0.161. The van der Waals surface area contributed by atoms with Crippen molar-refractivity contribution in [2.24, 2.45) is 0 Å². The molecule has 0 aromatic carbocycles. The van der Waals surface area contributed by atoms with Crippen molar-refractivity contribution in [3.63, 3.8) is 0 Å². The molecule has 0 bridgehead atoms. The Hall–Kier alpha value is -1.47. The number of aliphatic hydroxyl groups excluding tert-OH is 1. The van der Waals surface area contributed by atoms with Crippen LogP contribution in [-0.2, 0) is 14.2 Å². The number of hydrogen-bond donors (Lipinski definition) is 1. The molecule has 0 amide bonds. The predicted octanol–water partition coefficient (Wildman–Crippen LogP) is 7.13. The highest BCUT2D eigenvalue weighted by molar-refractivity contribution is 4.97. The molecule has 0 aromatic rings. The van der Waals surface area contributed by atoms with Gasteiger partial charge in [0, 0.05) is 0 Å². The maximum absolute atomic E-state index is 13.4. The van der Waals surface area contributed by atoms with Gasteiger partial charge in [-0.15, -0.1) is 6.58 Å². The molecule has 0 fully saturated rings. The molecule has 1 unspecified atom stereocenters. The first-order valence-corrected chi connectivity index (χ1v) is 9.97. The van der Waals surface area contributed by atoms with Crippen molar-refractivity contribution in [3.8, 4) is 0 Å². The second kappa shape index (κ2) is 12.6. The first kappa shape index (κ1) is 35.5. The number of halogens is 15. The third-order valence-corrected chi connectivity index (χ3v) is 4.26. The molecule has 0 rings (SSSR count). The van der Waals surface area contributed by atoms with Gasteiger partial charge in [-0.1, -0.05) is 25.3 Å². The van der Waals surface area contributed by atoms with Gasteiger partial charge in [-0.25, -0.2) is 9.47 Å². The number of rotatable bonds is 18. The fraction of sp³-hybridized carbons (Fsp3) is 0.889. The predicted molar refractivity (Wildman–Crippen MR) is 92.6 cm³/mol. The normalized spacial score (nSPS) is 15.7. The van der Waals surface area contributed by atoms with Gasteiger partial charge in [0.25, 0.3) is 0 Å². The van der Waals surface area contributed by atoms with E-state index in [0.717, 1.165) is 19.3 Å². The molecule has 0 saturated heterocycles. The van der Waals surface area contributed by atoms with E-state index in [9.17, 15) is 71.0 Å². The summed E-state index contributed by atoms with van der Waals surface area (Å²) in [5.41, 5.74) is 0. The topological polar surface area (TPSA) is 47.9 Å². The fourth-order valence-corrected chi connectivity index (χ4v) is 2.34. The van der Waals surface area contributed by atoms with E-state index in [4.69, 9.17) is 0 Å². The molecule has 1 atom stereocenters. The van der Waals surface area contributed by atoms with Gasteiger partial charge >= 0.3 is 42.5 Å². The molecule has 0 aliphatic heterocycles. The SMILES string of the molecule is C=CCCCCCCC(O)COCC(F)(F)OC(F)(F)C(F)(F)OC(F)(F)C(F)(F)C(F)(F)C(F)(F)F. The Kier molecular flexibility index (Phi) is 12.1. The molecule has 19 heteroatoms. The Morgan fingerprint density at radius 2 is 1.14 bits per heavy atom. The minimum absolute atomic E-state index is 0.0333. The van der Waals surface area contributed by atoms with Crippen LogP contribution in [0.1, 0.15) is 38.5 Å². The van der Waals surface area contributed by atoms with Crippen molar-refractivity contribution < 1.29 is 85.2 Å². The standard InChI is InChI=1S/C18H21F15O4/c1-2-3-4-5-6-7-8-11(34)9-35-10-12(19,20)36-17(30,31)18(32,33)37-16(28,29)14(23,24)13(21,22)15(25,26)27/h2,11,34H,1,3-10H2. The monoisotopic (exact) mass is 586 g/mol. The van der Waals surface area contributed by atoms with Gasteiger partial charge in [0.15, 0.2) is 0 Å². The zero-order chi connectivity index (χ0) is 29.6. The minimum Gasteiger partial charge on any atom is -0.391 e. The van der Waals surface area contributed by atoms with E-state index in [-0.39, 0.29) is 6.42 Å². The molecule has 4 nitrogen and oxygen atoms in total. The lowest BCUT2D eigenvalue weighted by Gasteiger charge is -2.36. The molecule has 1 N–H and O–H groups in total. The molecule has 0 aromatic heterocycles. The molecule has 0 aliphatic carbocycles. The van der Waals surface area contributed by atoms with Gasteiger partial charge in [0.05, 0.1) is 12.7 Å². The van der Waals surface area contributed by atoms with Crippen LogP contribution in [0.3, 0.4) is 0 Å². The molecule has 0 heterocycles. The van der Waals surface area contributed by atoms with Crippen LogP contribution in [0.25, 0.3) is 0 Å². The maximum atomic E-state index is 13.4. The molecule has 0 aliphatic rings. The first-order chi connectivity index (χ1) is 16.4. The smallest absolute Gasteiger partial charge is 0.391 e. The number of ether oxygens (including phenoxy) is 3. The largest absolute Gasteiger partial charge is 0.460 e. The van der Waals surface area contributed by atoms with Crippen molar-refractivity contribution in [2.75, 3.05) is 13.2 Å². The fourth-order valence-electron chi connectivity index (χ4n) is 2.34. The van der Waals surface area contributed by atoms with Crippen LogP contribution in [0.5, 0.6) is 0 Å². The summed E-state index contributed by atoms with van der Waals surface area (Å²) in [6, 6.07) is 0. The van der Waals surface area contributed by atoms with Crippen molar-refractivity contribution in [3.05, 3.63) is 12.7 Å². The van der Waals surface area contributed by atoms with Gasteiger partial charge in [-0.05, 0) is 19.3 Å². The molecule has 0 spiro atoms. The van der Waals surface area contributed by atoms with E-state index in [2.05, 4.69) is 16.1 Å². The molecule has 222 valence electrons. The lowest BCUT2D eigenvalue weighted by atomic mass is 10.1. The van der Waals surface area contributed by atoms with Gasteiger partial charge < -0.3 is 9.84 Å². The maximum Gasteiger partial charge on any atom is 0.460 e. The summed E-state index contributed by atoms with van der Waals surface area (Å²) in [7, 11) is 0. The highest BCUT2D eigenvalue weighted by Gasteiger charge is 2.85. The number of alkyl halides is 15. The van der Waals surface area contributed by atoms with Crippen molar-refractivity contribution in [2.45, 2.75) is 87.1 Å². The first-order valence-electron chi connectivity index (χ1n) is 9.97. The summed E-state index contributed by atoms with van der Waals surface area (Å²) in [6.07, 6.45) is -31.7. The lowest BCUT2D eigenvalue weighted by molar-refractivity contribution is -0.543.